The van der Waals surface area contributed by atoms with Crippen molar-refractivity contribution in [2.24, 2.45) is 0 Å². The number of hydrogen-bond donors (Lipinski definition) is 0. The Morgan fingerprint density at radius 3 is 2.30 bits per heavy atom. The lowest BCUT2D eigenvalue weighted by Crippen LogP contribution is -2.61. The fourth-order valence-electron chi connectivity index (χ4n) is 5.45. The molecule has 0 amide bonds. The number of piperidine rings is 1. The Bertz CT molecular complexity index is 613. The quantitative estimate of drug-likeness (QED) is 0.474. The maximum atomic E-state index is 12.9. The molecule has 1 unspecified atom stereocenters. The molecular formula is C24H38NO2+. The van der Waals surface area contributed by atoms with Crippen LogP contribution in [0.1, 0.15) is 94.0 Å². The lowest BCUT2D eigenvalue weighted by molar-refractivity contribution is -0.958. The molecule has 3 nitrogen and oxygen atoms in total. The summed E-state index contributed by atoms with van der Waals surface area (Å²) in [7, 11) is 0. The summed E-state index contributed by atoms with van der Waals surface area (Å²) >= 11 is 0. The molecule has 1 aromatic carbocycles. The Hall–Kier alpha value is -1.35. The van der Waals surface area contributed by atoms with E-state index in [2.05, 4.69) is 20.8 Å². The monoisotopic (exact) mass is 372 g/mol. The summed E-state index contributed by atoms with van der Waals surface area (Å²) in [5.41, 5.74) is 1.83. The number of esters is 1. The van der Waals surface area contributed by atoms with Gasteiger partial charge < -0.3 is 9.22 Å². The molecule has 0 bridgehead atoms. The summed E-state index contributed by atoms with van der Waals surface area (Å²) in [6.07, 6.45) is 10.9. The highest BCUT2D eigenvalue weighted by atomic mass is 16.5. The molecule has 1 aliphatic carbocycles. The summed E-state index contributed by atoms with van der Waals surface area (Å²) in [4.78, 5) is 12.9. The third-order valence-electron chi connectivity index (χ3n) is 6.79. The first-order valence-electron chi connectivity index (χ1n) is 11.2. The number of carbonyl (C=O) groups is 1. The molecule has 27 heavy (non-hydrogen) atoms. The minimum Gasteiger partial charge on any atom is -0.453 e. The average molecular weight is 373 g/mol. The normalized spacial score (nSPS) is 21.8. The fourth-order valence-corrected chi connectivity index (χ4v) is 5.45. The summed E-state index contributed by atoms with van der Waals surface area (Å²) in [5.74, 6) is 0.178. The Morgan fingerprint density at radius 2 is 1.63 bits per heavy atom. The van der Waals surface area contributed by atoms with Crippen LogP contribution in [0, 0.1) is 0 Å². The van der Waals surface area contributed by atoms with Crippen molar-refractivity contribution in [3.63, 3.8) is 0 Å². The predicted molar refractivity (Wildman–Crippen MR) is 111 cm³/mol. The highest BCUT2D eigenvalue weighted by Crippen LogP contribution is 2.33. The smallest absolute Gasteiger partial charge is 0.338 e. The first-order chi connectivity index (χ1) is 13.0. The first kappa shape index (κ1) is 20.4. The van der Waals surface area contributed by atoms with Gasteiger partial charge >= 0.3 is 5.97 Å². The third-order valence-corrected chi connectivity index (χ3v) is 6.79. The second-order valence-corrected chi connectivity index (χ2v) is 9.16. The lowest BCUT2D eigenvalue weighted by atomic mass is 9.89. The van der Waals surface area contributed by atoms with E-state index < -0.39 is 0 Å². The van der Waals surface area contributed by atoms with Crippen molar-refractivity contribution in [3.8, 4) is 0 Å². The zero-order chi connectivity index (χ0) is 19.3. The van der Waals surface area contributed by atoms with Crippen LogP contribution in [-0.2, 0) is 4.74 Å². The van der Waals surface area contributed by atoms with Crippen molar-refractivity contribution in [1.29, 1.82) is 0 Å². The highest BCUT2D eigenvalue weighted by Gasteiger charge is 2.40. The van der Waals surface area contributed by atoms with E-state index in [9.17, 15) is 4.79 Å². The van der Waals surface area contributed by atoms with Gasteiger partial charge in [0, 0.05) is 0 Å². The highest BCUT2D eigenvalue weighted by molar-refractivity contribution is 5.91. The molecule has 0 N–H and O–H groups in total. The van der Waals surface area contributed by atoms with Crippen LogP contribution in [0.4, 0.5) is 0 Å². The van der Waals surface area contributed by atoms with Gasteiger partial charge in [-0.05, 0) is 69.4 Å². The first-order valence-corrected chi connectivity index (χ1v) is 11.2. The van der Waals surface area contributed by atoms with E-state index in [0.29, 0.717) is 5.92 Å². The summed E-state index contributed by atoms with van der Waals surface area (Å²) in [6, 6.07) is 8.69. The predicted octanol–water partition coefficient (Wildman–Crippen LogP) is 5.69. The summed E-state index contributed by atoms with van der Waals surface area (Å²) < 4.78 is 7.19. The number of nitrogens with zero attached hydrogens (tertiary/aromatic N) is 1. The SMILES string of the molecule is CC(C[N+]1(C2CCCCC2)CCCCC1)OC(=O)c1ccccc1C(C)C. The van der Waals surface area contributed by atoms with E-state index in [1.807, 2.05) is 24.3 Å². The number of likely N-dealkylation sites (tertiary alicyclic amines) is 1. The van der Waals surface area contributed by atoms with Crippen molar-refractivity contribution in [2.45, 2.75) is 90.2 Å². The second kappa shape index (κ2) is 9.23. The number of hydrogen-bond acceptors (Lipinski definition) is 2. The van der Waals surface area contributed by atoms with Gasteiger partial charge in [-0.1, -0.05) is 38.5 Å². The third kappa shape index (κ3) is 4.93. The van der Waals surface area contributed by atoms with Gasteiger partial charge in [-0.25, -0.2) is 4.79 Å². The number of benzene rings is 1. The molecule has 3 rings (SSSR count). The van der Waals surface area contributed by atoms with E-state index in [4.69, 9.17) is 4.74 Å². The topological polar surface area (TPSA) is 26.3 Å². The Labute approximate surface area is 165 Å². The Kier molecular flexibility index (Phi) is 6.97. The molecule has 1 heterocycles. The second-order valence-electron chi connectivity index (χ2n) is 9.16. The van der Waals surface area contributed by atoms with Crippen molar-refractivity contribution in [2.75, 3.05) is 19.6 Å². The number of quaternary nitrogens is 1. The molecule has 2 aliphatic rings. The van der Waals surface area contributed by atoms with Gasteiger partial charge in [-0.3, -0.25) is 0 Å². The largest absolute Gasteiger partial charge is 0.453 e. The van der Waals surface area contributed by atoms with Crippen molar-refractivity contribution in [1.82, 2.24) is 0 Å². The van der Waals surface area contributed by atoms with Crippen LogP contribution in [0.3, 0.4) is 0 Å². The summed E-state index contributed by atoms with van der Waals surface area (Å²) in [6.45, 7) is 9.90. The molecule has 0 aromatic heterocycles. The molecule has 3 heteroatoms. The van der Waals surface area contributed by atoms with Crippen LogP contribution in [0.15, 0.2) is 24.3 Å². The van der Waals surface area contributed by atoms with Gasteiger partial charge in [0.15, 0.2) is 0 Å². The molecule has 150 valence electrons. The van der Waals surface area contributed by atoms with Crippen molar-refractivity contribution in [3.05, 3.63) is 35.4 Å². The van der Waals surface area contributed by atoms with Crippen LogP contribution in [0.25, 0.3) is 0 Å². The fraction of sp³-hybridized carbons (Fsp3) is 0.708. The van der Waals surface area contributed by atoms with E-state index in [1.165, 1.54) is 68.9 Å². The van der Waals surface area contributed by atoms with Crippen LogP contribution < -0.4 is 0 Å². The van der Waals surface area contributed by atoms with E-state index >= 15 is 0 Å². The number of ether oxygens (including phenoxy) is 1. The summed E-state index contributed by atoms with van der Waals surface area (Å²) in [5, 5.41) is 0. The van der Waals surface area contributed by atoms with Crippen LogP contribution in [-0.4, -0.2) is 42.2 Å². The molecule has 0 spiro atoms. The van der Waals surface area contributed by atoms with Crippen LogP contribution in [0.5, 0.6) is 0 Å². The molecule has 1 saturated carbocycles. The van der Waals surface area contributed by atoms with Crippen LogP contribution >= 0.6 is 0 Å². The number of carbonyl (C=O) groups excluding carboxylic acids is 1. The molecule has 1 saturated heterocycles. The zero-order valence-electron chi connectivity index (χ0n) is 17.6. The molecule has 1 aromatic rings. The van der Waals surface area contributed by atoms with Gasteiger partial charge in [0.25, 0.3) is 0 Å². The maximum absolute atomic E-state index is 12.9. The van der Waals surface area contributed by atoms with Gasteiger partial charge in [-0.2, -0.15) is 0 Å². The number of rotatable bonds is 6. The maximum Gasteiger partial charge on any atom is 0.338 e. The van der Waals surface area contributed by atoms with Crippen molar-refractivity contribution >= 4 is 5.97 Å². The van der Waals surface area contributed by atoms with Gasteiger partial charge in [0.05, 0.1) is 24.7 Å². The van der Waals surface area contributed by atoms with Gasteiger partial charge in [0.2, 0.25) is 0 Å². The molecular weight excluding hydrogens is 334 g/mol. The minimum absolute atomic E-state index is 0.0299. The van der Waals surface area contributed by atoms with E-state index in [0.717, 1.165) is 23.7 Å². The lowest BCUT2D eigenvalue weighted by Gasteiger charge is -2.49. The van der Waals surface area contributed by atoms with Crippen molar-refractivity contribution < 1.29 is 14.0 Å². The van der Waals surface area contributed by atoms with Crippen LogP contribution in [0.2, 0.25) is 0 Å². The molecule has 0 radical (unpaired) electrons. The Balaban J connectivity index is 1.69. The van der Waals surface area contributed by atoms with Gasteiger partial charge in [-0.15, -0.1) is 0 Å². The molecule has 1 aliphatic heterocycles. The molecule has 1 atom stereocenters. The van der Waals surface area contributed by atoms with Gasteiger partial charge in [0.1, 0.15) is 12.6 Å². The van der Waals surface area contributed by atoms with E-state index in [-0.39, 0.29) is 12.1 Å². The standard InChI is InChI=1S/C24H38NO2/c1-19(2)22-14-8-9-15-23(22)24(26)27-20(3)18-25(16-10-5-11-17-25)21-12-6-4-7-13-21/h8-9,14-15,19-21H,4-7,10-13,16-18H2,1-3H3/q+1. The molecule has 2 fully saturated rings. The minimum atomic E-state index is -0.148. The zero-order valence-corrected chi connectivity index (χ0v) is 17.6. The Morgan fingerprint density at radius 1 is 1.00 bits per heavy atom. The van der Waals surface area contributed by atoms with E-state index in [1.54, 1.807) is 0 Å². The average Bonchev–Trinajstić information content (AvgIpc) is 2.69.